The number of nitro benzene ring substituents is 1. The number of nitro groups is 1. The maximum atomic E-state index is 11.8. The molecule has 0 saturated heterocycles. The zero-order valence-corrected chi connectivity index (χ0v) is 13.8. The molecule has 0 unspecified atom stereocenters. The van der Waals surface area contributed by atoms with Crippen molar-refractivity contribution in [2.24, 2.45) is 0 Å². The molecule has 7 heteroatoms. The second kappa shape index (κ2) is 7.12. The summed E-state index contributed by atoms with van der Waals surface area (Å²) in [6.07, 6.45) is 3.02. The molecule has 2 aromatic carbocycles. The summed E-state index contributed by atoms with van der Waals surface area (Å²) in [6.45, 7) is 2.65. The average Bonchev–Trinajstić information content (AvgIpc) is 2.62. The van der Waals surface area contributed by atoms with E-state index in [4.69, 9.17) is 0 Å². The Balaban J connectivity index is 1.81. The minimum atomic E-state index is -0.496. The number of H-pyrrole nitrogens is 1. The summed E-state index contributed by atoms with van der Waals surface area (Å²) in [5.41, 5.74) is 2.69. The third kappa shape index (κ3) is 3.65. The average molecular weight is 338 g/mol. The van der Waals surface area contributed by atoms with Crippen LogP contribution in [-0.4, -0.2) is 21.4 Å². The number of fused-ring (bicyclic) bond motifs is 1. The highest BCUT2D eigenvalue weighted by atomic mass is 16.6. The summed E-state index contributed by atoms with van der Waals surface area (Å²) < 4.78 is 0. The Morgan fingerprint density at radius 2 is 1.92 bits per heavy atom. The van der Waals surface area contributed by atoms with E-state index in [9.17, 15) is 14.9 Å². The van der Waals surface area contributed by atoms with Crippen LogP contribution >= 0.6 is 0 Å². The maximum absolute atomic E-state index is 11.8. The molecule has 0 radical (unpaired) electrons. The molecule has 3 aromatic rings. The Labute approximate surface area is 143 Å². The number of benzene rings is 2. The van der Waals surface area contributed by atoms with Crippen molar-refractivity contribution in [1.82, 2.24) is 9.97 Å². The Hall–Kier alpha value is -3.22. The van der Waals surface area contributed by atoms with Crippen LogP contribution < -0.4 is 10.9 Å². The molecule has 0 atom stereocenters. The SMILES string of the molecule is CCc1ccc(CCNc2cc3nc[nH]c(=O)c3cc2[N+](=O)[O-])cc1. The summed E-state index contributed by atoms with van der Waals surface area (Å²) >= 11 is 0. The first kappa shape index (κ1) is 16.6. The highest BCUT2D eigenvalue weighted by Gasteiger charge is 2.16. The van der Waals surface area contributed by atoms with Crippen LogP contribution in [-0.2, 0) is 12.8 Å². The molecule has 0 aliphatic carbocycles. The lowest BCUT2D eigenvalue weighted by Gasteiger charge is -2.08. The van der Waals surface area contributed by atoms with Crippen LogP contribution in [0.5, 0.6) is 0 Å². The molecule has 0 bridgehead atoms. The number of nitrogens with one attached hydrogen (secondary N) is 2. The third-order valence-corrected chi connectivity index (χ3v) is 4.11. The molecular formula is C18H18N4O3. The fourth-order valence-electron chi connectivity index (χ4n) is 2.68. The quantitative estimate of drug-likeness (QED) is 0.531. The summed E-state index contributed by atoms with van der Waals surface area (Å²) in [7, 11) is 0. The van der Waals surface area contributed by atoms with E-state index in [0.29, 0.717) is 17.7 Å². The van der Waals surface area contributed by atoms with Crippen molar-refractivity contribution >= 4 is 22.3 Å². The molecular weight excluding hydrogens is 320 g/mol. The van der Waals surface area contributed by atoms with Gasteiger partial charge in [0.1, 0.15) is 5.69 Å². The number of anilines is 1. The van der Waals surface area contributed by atoms with Crippen molar-refractivity contribution in [3.05, 3.63) is 74.3 Å². The standard InChI is InChI=1S/C18H18N4O3/c1-2-12-3-5-13(6-4-12)7-8-19-16-10-15-14(9-17(16)22(24)25)18(23)21-11-20-15/h3-6,9-11,19H,2,7-8H2,1H3,(H,20,21,23). The summed E-state index contributed by atoms with van der Waals surface area (Å²) in [5, 5.41) is 14.6. The normalized spacial score (nSPS) is 10.8. The van der Waals surface area contributed by atoms with Gasteiger partial charge in [-0.3, -0.25) is 14.9 Å². The number of hydrogen-bond acceptors (Lipinski definition) is 5. The lowest BCUT2D eigenvalue weighted by atomic mass is 10.1. The predicted octanol–water partition coefficient (Wildman–Crippen LogP) is 3.05. The maximum Gasteiger partial charge on any atom is 0.293 e. The van der Waals surface area contributed by atoms with Gasteiger partial charge in [-0.25, -0.2) is 4.98 Å². The lowest BCUT2D eigenvalue weighted by molar-refractivity contribution is -0.383. The second-order valence-corrected chi connectivity index (χ2v) is 5.72. The summed E-state index contributed by atoms with van der Waals surface area (Å²) in [6, 6.07) is 11.1. The van der Waals surface area contributed by atoms with Gasteiger partial charge in [0.2, 0.25) is 0 Å². The fraction of sp³-hybridized carbons (Fsp3) is 0.222. The Morgan fingerprint density at radius 1 is 1.20 bits per heavy atom. The minimum Gasteiger partial charge on any atom is -0.379 e. The van der Waals surface area contributed by atoms with Gasteiger partial charge >= 0.3 is 0 Å². The molecule has 3 rings (SSSR count). The van der Waals surface area contributed by atoms with Crippen LogP contribution in [0.1, 0.15) is 18.1 Å². The van der Waals surface area contributed by atoms with Crippen molar-refractivity contribution < 1.29 is 4.92 Å². The molecule has 0 aliphatic heterocycles. The van der Waals surface area contributed by atoms with Gasteiger partial charge in [-0.15, -0.1) is 0 Å². The van der Waals surface area contributed by atoms with Crippen molar-refractivity contribution in [2.45, 2.75) is 19.8 Å². The molecule has 0 aliphatic rings. The first-order valence-electron chi connectivity index (χ1n) is 8.06. The van der Waals surface area contributed by atoms with E-state index in [1.165, 1.54) is 18.0 Å². The van der Waals surface area contributed by atoms with Gasteiger partial charge in [-0.1, -0.05) is 31.2 Å². The first-order valence-corrected chi connectivity index (χ1v) is 8.06. The molecule has 0 saturated carbocycles. The molecule has 1 aromatic heterocycles. The Bertz CT molecular complexity index is 964. The van der Waals surface area contributed by atoms with Gasteiger partial charge in [0.25, 0.3) is 11.2 Å². The third-order valence-electron chi connectivity index (χ3n) is 4.11. The van der Waals surface area contributed by atoms with E-state index in [0.717, 1.165) is 18.4 Å². The second-order valence-electron chi connectivity index (χ2n) is 5.72. The predicted molar refractivity (Wildman–Crippen MR) is 97.0 cm³/mol. The van der Waals surface area contributed by atoms with E-state index in [1.807, 2.05) is 0 Å². The minimum absolute atomic E-state index is 0.132. The van der Waals surface area contributed by atoms with E-state index in [-0.39, 0.29) is 11.1 Å². The van der Waals surface area contributed by atoms with Gasteiger partial charge in [-0.2, -0.15) is 0 Å². The van der Waals surface area contributed by atoms with Crippen LogP contribution in [0.2, 0.25) is 0 Å². The van der Waals surface area contributed by atoms with E-state index in [1.54, 1.807) is 6.07 Å². The first-order chi connectivity index (χ1) is 12.1. The molecule has 0 spiro atoms. The lowest BCUT2D eigenvalue weighted by Crippen LogP contribution is -2.10. The summed E-state index contributed by atoms with van der Waals surface area (Å²) in [4.78, 5) is 29.1. The van der Waals surface area contributed by atoms with Gasteiger partial charge in [0.15, 0.2) is 0 Å². The van der Waals surface area contributed by atoms with Crippen LogP contribution in [0.4, 0.5) is 11.4 Å². The van der Waals surface area contributed by atoms with Crippen molar-refractivity contribution in [1.29, 1.82) is 0 Å². The van der Waals surface area contributed by atoms with Crippen LogP contribution in [0.15, 0.2) is 47.5 Å². The highest BCUT2D eigenvalue weighted by Crippen LogP contribution is 2.27. The number of aryl methyl sites for hydroxylation is 1. The van der Waals surface area contributed by atoms with Crippen LogP contribution in [0.25, 0.3) is 10.9 Å². The van der Waals surface area contributed by atoms with Crippen molar-refractivity contribution in [2.75, 3.05) is 11.9 Å². The molecule has 128 valence electrons. The summed E-state index contributed by atoms with van der Waals surface area (Å²) in [5.74, 6) is 0. The highest BCUT2D eigenvalue weighted by molar-refractivity contribution is 5.86. The van der Waals surface area contributed by atoms with E-state index < -0.39 is 10.5 Å². The largest absolute Gasteiger partial charge is 0.379 e. The van der Waals surface area contributed by atoms with Gasteiger partial charge in [0.05, 0.1) is 22.2 Å². The van der Waals surface area contributed by atoms with Crippen LogP contribution in [0.3, 0.4) is 0 Å². The topological polar surface area (TPSA) is 101 Å². The number of hydrogen-bond donors (Lipinski definition) is 2. The Morgan fingerprint density at radius 3 is 2.60 bits per heavy atom. The molecule has 2 N–H and O–H groups in total. The van der Waals surface area contributed by atoms with Crippen molar-refractivity contribution in [3.8, 4) is 0 Å². The number of nitrogens with zero attached hydrogens (tertiary/aromatic N) is 2. The fourth-order valence-corrected chi connectivity index (χ4v) is 2.68. The van der Waals surface area contributed by atoms with Gasteiger partial charge < -0.3 is 10.3 Å². The number of aromatic amines is 1. The number of aromatic nitrogens is 2. The number of rotatable bonds is 6. The van der Waals surface area contributed by atoms with Crippen molar-refractivity contribution in [3.63, 3.8) is 0 Å². The Kier molecular flexibility index (Phi) is 4.74. The smallest absolute Gasteiger partial charge is 0.293 e. The molecule has 0 amide bonds. The van der Waals surface area contributed by atoms with Gasteiger partial charge in [0, 0.05) is 12.6 Å². The van der Waals surface area contributed by atoms with Gasteiger partial charge in [-0.05, 0) is 30.0 Å². The molecule has 7 nitrogen and oxygen atoms in total. The molecule has 1 heterocycles. The zero-order chi connectivity index (χ0) is 17.8. The monoisotopic (exact) mass is 338 g/mol. The molecule has 25 heavy (non-hydrogen) atoms. The van der Waals surface area contributed by atoms with Crippen LogP contribution in [0, 0.1) is 10.1 Å². The van der Waals surface area contributed by atoms with E-state index >= 15 is 0 Å². The van der Waals surface area contributed by atoms with E-state index in [2.05, 4.69) is 46.5 Å². The molecule has 0 fully saturated rings. The zero-order valence-electron chi connectivity index (χ0n) is 13.8.